The number of fused-ring (bicyclic) bond motifs is 1. The highest BCUT2D eigenvalue weighted by Crippen LogP contribution is 2.15. The lowest BCUT2D eigenvalue weighted by Gasteiger charge is -1.94. The van der Waals surface area contributed by atoms with E-state index in [0.29, 0.717) is 5.02 Å². The van der Waals surface area contributed by atoms with Gasteiger partial charge in [-0.3, -0.25) is 4.79 Å². The average Bonchev–Trinajstić information content (AvgIpc) is 2.16. The fourth-order valence-corrected chi connectivity index (χ4v) is 1.14. The zero-order valence-corrected chi connectivity index (χ0v) is 8.77. The molecule has 1 heterocycles. The Morgan fingerprint density at radius 1 is 1.47 bits per heavy atom. The summed E-state index contributed by atoms with van der Waals surface area (Å²) in [5.41, 5.74) is 0.921. The van der Waals surface area contributed by atoms with Crippen LogP contribution in [0, 0.1) is 0 Å². The SMILES string of the molecule is CC(=O)O.Clc1ccc2ncncc2c1. The summed E-state index contributed by atoms with van der Waals surface area (Å²) in [6.45, 7) is 1.08. The van der Waals surface area contributed by atoms with Crippen molar-refractivity contribution in [3.05, 3.63) is 35.7 Å². The normalized spacial score (nSPS) is 9.20. The summed E-state index contributed by atoms with van der Waals surface area (Å²) in [6, 6.07) is 5.53. The second-order valence-corrected chi connectivity index (χ2v) is 3.18. The van der Waals surface area contributed by atoms with Crippen molar-refractivity contribution in [2.45, 2.75) is 6.92 Å². The third kappa shape index (κ3) is 3.91. The highest BCUT2D eigenvalue weighted by atomic mass is 35.5. The maximum Gasteiger partial charge on any atom is 0.300 e. The second-order valence-electron chi connectivity index (χ2n) is 2.74. The van der Waals surface area contributed by atoms with Crippen molar-refractivity contribution in [3.63, 3.8) is 0 Å². The average molecular weight is 225 g/mol. The molecule has 4 nitrogen and oxygen atoms in total. The molecule has 2 aromatic rings. The van der Waals surface area contributed by atoms with Gasteiger partial charge in [-0.25, -0.2) is 9.97 Å². The van der Waals surface area contributed by atoms with Gasteiger partial charge in [-0.05, 0) is 18.2 Å². The zero-order chi connectivity index (χ0) is 11.3. The number of carboxylic acids is 1. The maximum atomic E-state index is 9.00. The quantitative estimate of drug-likeness (QED) is 0.746. The lowest BCUT2D eigenvalue weighted by atomic mass is 10.2. The van der Waals surface area contributed by atoms with Crippen molar-refractivity contribution in [1.29, 1.82) is 0 Å². The molecule has 1 N–H and O–H groups in total. The maximum absolute atomic E-state index is 9.00. The van der Waals surface area contributed by atoms with Gasteiger partial charge < -0.3 is 5.11 Å². The van der Waals surface area contributed by atoms with Crippen LogP contribution in [0.1, 0.15) is 6.92 Å². The molecule has 0 aliphatic heterocycles. The molecule has 0 fully saturated rings. The lowest BCUT2D eigenvalue weighted by Crippen LogP contribution is -1.79. The van der Waals surface area contributed by atoms with Gasteiger partial charge in [-0.15, -0.1) is 0 Å². The molecular weight excluding hydrogens is 216 g/mol. The number of aromatic nitrogens is 2. The van der Waals surface area contributed by atoms with E-state index in [-0.39, 0.29) is 0 Å². The molecule has 0 unspecified atom stereocenters. The van der Waals surface area contributed by atoms with E-state index in [2.05, 4.69) is 9.97 Å². The second kappa shape index (κ2) is 5.26. The predicted molar refractivity (Wildman–Crippen MR) is 57.9 cm³/mol. The van der Waals surface area contributed by atoms with Crippen molar-refractivity contribution in [2.75, 3.05) is 0 Å². The minimum Gasteiger partial charge on any atom is -0.481 e. The number of benzene rings is 1. The first-order chi connectivity index (χ1) is 7.09. The summed E-state index contributed by atoms with van der Waals surface area (Å²) >= 11 is 5.76. The van der Waals surface area contributed by atoms with Gasteiger partial charge in [0.1, 0.15) is 6.33 Å². The smallest absolute Gasteiger partial charge is 0.300 e. The fourth-order valence-electron chi connectivity index (χ4n) is 0.956. The van der Waals surface area contributed by atoms with E-state index < -0.39 is 5.97 Å². The van der Waals surface area contributed by atoms with E-state index in [1.165, 1.54) is 6.33 Å². The minimum absolute atomic E-state index is 0.715. The van der Waals surface area contributed by atoms with E-state index in [1.807, 2.05) is 18.2 Å². The highest BCUT2D eigenvalue weighted by Gasteiger charge is 1.93. The number of hydrogen-bond donors (Lipinski definition) is 1. The van der Waals surface area contributed by atoms with Crippen molar-refractivity contribution in [1.82, 2.24) is 9.97 Å². The van der Waals surface area contributed by atoms with Gasteiger partial charge >= 0.3 is 0 Å². The molecule has 0 aliphatic carbocycles. The molecule has 0 radical (unpaired) electrons. The van der Waals surface area contributed by atoms with E-state index in [9.17, 15) is 0 Å². The Labute approximate surface area is 91.5 Å². The molecule has 78 valence electrons. The van der Waals surface area contributed by atoms with Crippen LogP contribution < -0.4 is 0 Å². The van der Waals surface area contributed by atoms with Crippen LogP contribution in [0.5, 0.6) is 0 Å². The van der Waals surface area contributed by atoms with Crippen molar-refractivity contribution in [2.24, 2.45) is 0 Å². The molecular formula is C10H9ClN2O2. The van der Waals surface area contributed by atoms with Crippen LogP contribution in [-0.2, 0) is 4.79 Å². The monoisotopic (exact) mass is 224 g/mol. The number of nitrogens with zero attached hydrogens (tertiary/aromatic N) is 2. The Morgan fingerprint density at radius 3 is 2.80 bits per heavy atom. The summed E-state index contributed by atoms with van der Waals surface area (Å²) in [5.74, 6) is -0.833. The van der Waals surface area contributed by atoms with Crippen LogP contribution in [0.15, 0.2) is 30.7 Å². The van der Waals surface area contributed by atoms with Crippen molar-refractivity contribution in [3.8, 4) is 0 Å². The van der Waals surface area contributed by atoms with Crippen LogP contribution in [-0.4, -0.2) is 21.0 Å². The Bertz CT molecular complexity index is 470. The van der Waals surface area contributed by atoms with Crippen LogP contribution in [0.2, 0.25) is 5.02 Å². The van der Waals surface area contributed by atoms with E-state index in [4.69, 9.17) is 21.5 Å². The first-order valence-electron chi connectivity index (χ1n) is 4.14. The van der Waals surface area contributed by atoms with Gasteiger partial charge in [0.25, 0.3) is 5.97 Å². The molecule has 0 saturated heterocycles. The van der Waals surface area contributed by atoms with Gasteiger partial charge in [0, 0.05) is 23.5 Å². The molecule has 0 atom stereocenters. The Kier molecular flexibility index (Phi) is 4.00. The third-order valence-electron chi connectivity index (χ3n) is 1.47. The fraction of sp³-hybridized carbons (Fsp3) is 0.100. The standard InChI is InChI=1S/C8H5ClN2.C2H4O2/c9-7-1-2-8-6(3-7)4-10-5-11-8;1-2(3)4/h1-5H;1H3,(H,3,4). The Balaban J connectivity index is 0.000000245. The predicted octanol–water partition coefficient (Wildman–Crippen LogP) is 2.37. The summed E-state index contributed by atoms with van der Waals surface area (Å²) < 4.78 is 0. The Hall–Kier alpha value is -1.68. The first kappa shape index (κ1) is 11.4. The Morgan fingerprint density at radius 2 is 2.13 bits per heavy atom. The van der Waals surface area contributed by atoms with E-state index in [1.54, 1.807) is 6.20 Å². The number of halogens is 1. The van der Waals surface area contributed by atoms with Gasteiger partial charge in [0.05, 0.1) is 5.52 Å². The highest BCUT2D eigenvalue weighted by molar-refractivity contribution is 6.31. The van der Waals surface area contributed by atoms with Gasteiger partial charge in [-0.1, -0.05) is 11.6 Å². The number of carboxylic acid groups (broad SMARTS) is 1. The third-order valence-corrected chi connectivity index (χ3v) is 1.70. The summed E-state index contributed by atoms with van der Waals surface area (Å²) in [6.07, 6.45) is 3.27. The van der Waals surface area contributed by atoms with Crippen LogP contribution >= 0.6 is 11.6 Å². The molecule has 5 heteroatoms. The van der Waals surface area contributed by atoms with E-state index in [0.717, 1.165) is 17.8 Å². The first-order valence-corrected chi connectivity index (χ1v) is 4.52. The molecule has 15 heavy (non-hydrogen) atoms. The van der Waals surface area contributed by atoms with Crippen LogP contribution in [0.3, 0.4) is 0 Å². The largest absolute Gasteiger partial charge is 0.481 e. The molecule has 1 aromatic heterocycles. The summed E-state index contributed by atoms with van der Waals surface area (Å²) in [4.78, 5) is 16.9. The van der Waals surface area contributed by atoms with Crippen molar-refractivity contribution >= 4 is 28.5 Å². The van der Waals surface area contributed by atoms with Gasteiger partial charge in [0.15, 0.2) is 0 Å². The summed E-state index contributed by atoms with van der Waals surface area (Å²) in [7, 11) is 0. The van der Waals surface area contributed by atoms with Gasteiger partial charge in [-0.2, -0.15) is 0 Å². The molecule has 0 saturated carbocycles. The molecule has 0 amide bonds. The minimum atomic E-state index is -0.833. The molecule has 0 bridgehead atoms. The van der Waals surface area contributed by atoms with E-state index >= 15 is 0 Å². The van der Waals surface area contributed by atoms with Crippen LogP contribution in [0.25, 0.3) is 10.9 Å². The van der Waals surface area contributed by atoms with Crippen LogP contribution in [0.4, 0.5) is 0 Å². The number of aliphatic carboxylic acids is 1. The molecule has 0 spiro atoms. The van der Waals surface area contributed by atoms with Crippen molar-refractivity contribution < 1.29 is 9.90 Å². The molecule has 1 aromatic carbocycles. The summed E-state index contributed by atoms with van der Waals surface area (Å²) in [5, 5.41) is 9.10. The topological polar surface area (TPSA) is 63.1 Å². The van der Waals surface area contributed by atoms with Gasteiger partial charge in [0.2, 0.25) is 0 Å². The molecule has 0 aliphatic rings. The molecule has 2 rings (SSSR count). The number of rotatable bonds is 0. The lowest BCUT2D eigenvalue weighted by molar-refractivity contribution is -0.134. The number of hydrogen-bond acceptors (Lipinski definition) is 3. The zero-order valence-electron chi connectivity index (χ0n) is 8.01. The number of carbonyl (C=O) groups is 1.